The molecule has 0 heterocycles. The summed E-state index contributed by atoms with van der Waals surface area (Å²) in [5, 5.41) is 0.403. The Morgan fingerprint density at radius 2 is 1.64 bits per heavy atom. The first-order valence-corrected chi connectivity index (χ1v) is 9.41. The van der Waals surface area contributed by atoms with Crippen molar-refractivity contribution in [3.8, 4) is 0 Å². The van der Waals surface area contributed by atoms with Gasteiger partial charge in [0.15, 0.2) is 0 Å². The van der Waals surface area contributed by atoms with Crippen molar-refractivity contribution >= 4 is 26.3 Å². The zero-order valence-electron chi connectivity index (χ0n) is 12.6. The van der Waals surface area contributed by atoms with Crippen LogP contribution < -0.4 is 5.19 Å². The SMILES string of the molecule is FC(F)(F)c1ccccc1[Si]CC=CCCCCCCCCl. The minimum Gasteiger partial charge on any atom is -0.166 e. The average Bonchev–Trinajstić information content (AvgIpc) is 2.48. The fourth-order valence-electron chi connectivity index (χ4n) is 2.14. The van der Waals surface area contributed by atoms with Crippen molar-refractivity contribution in [2.45, 2.75) is 50.7 Å². The van der Waals surface area contributed by atoms with Crippen LogP contribution in [0.15, 0.2) is 36.4 Å². The van der Waals surface area contributed by atoms with E-state index in [0.717, 1.165) is 31.2 Å². The number of halogens is 4. The summed E-state index contributed by atoms with van der Waals surface area (Å²) in [5.74, 6) is 0.736. The topological polar surface area (TPSA) is 0 Å². The van der Waals surface area contributed by atoms with Gasteiger partial charge in [0, 0.05) is 5.88 Å². The first-order chi connectivity index (χ1) is 10.6. The first kappa shape index (κ1) is 19.3. The van der Waals surface area contributed by atoms with E-state index >= 15 is 0 Å². The van der Waals surface area contributed by atoms with E-state index in [-0.39, 0.29) is 9.52 Å². The van der Waals surface area contributed by atoms with Crippen LogP contribution in [0, 0.1) is 0 Å². The van der Waals surface area contributed by atoms with Crippen LogP contribution in [-0.2, 0) is 6.18 Å². The standard InChI is InChI=1S/C17H22ClF3Si/c18-13-9-5-3-1-2-4-6-10-14-22-16-12-8-7-11-15(16)17(19,20)21/h6-8,10-12H,1-5,9,13-14H2. The minimum atomic E-state index is -4.25. The summed E-state index contributed by atoms with van der Waals surface area (Å²) in [6, 6.07) is 6.53. The Labute approximate surface area is 138 Å². The van der Waals surface area contributed by atoms with Gasteiger partial charge in [0.2, 0.25) is 0 Å². The van der Waals surface area contributed by atoms with Gasteiger partial charge in [-0.05, 0) is 25.3 Å². The van der Waals surface area contributed by atoms with Gasteiger partial charge in [-0.2, -0.15) is 13.2 Å². The van der Waals surface area contributed by atoms with Gasteiger partial charge in [-0.15, -0.1) is 11.6 Å². The van der Waals surface area contributed by atoms with Crippen LogP contribution in [-0.4, -0.2) is 15.4 Å². The number of hydrogen-bond acceptors (Lipinski definition) is 0. The number of rotatable bonds is 10. The lowest BCUT2D eigenvalue weighted by molar-refractivity contribution is -0.136. The molecule has 0 N–H and O–H groups in total. The Morgan fingerprint density at radius 1 is 0.955 bits per heavy atom. The maximum atomic E-state index is 12.8. The molecule has 0 aliphatic heterocycles. The molecule has 0 amide bonds. The lowest BCUT2D eigenvalue weighted by Crippen LogP contribution is -2.24. The summed E-state index contributed by atoms with van der Waals surface area (Å²) in [6.07, 6.45) is 6.65. The molecule has 0 spiro atoms. The highest BCUT2D eigenvalue weighted by atomic mass is 35.5. The van der Waals surface area contributed by atoms with Crippen molar-refractivity contribution in [1.82, 2.24) is 0 Å². The Hall–Kier alpha value is -0.743. The number of allylic oxidation sites excluding steroid dienone is 2. The third kappa shape index (κ3) is 8.04. The molecule has 2 radical (unpaired) electrons. The highest BCUT2D eigenvalue weighted by Crippen LogP contribution is 2.27. The molecule has 0 saturated carbocycles. The van der Waals surface area contributed by atoms with E-state index in [1.54, 1.807) is 12.1 Å². The van der Waals surface area contributed by atoms with E-state index in [1.807, 2.05) is 6.08 Å². The molecule has 1 aromatic rings. The molecule has 0 saturated heterocycles. The Bertz CT molecular complexity index is 444. The van der Waals surface area contributed by atoms with Crippen LogP contribution >= 0.6 is 11.6 Å². The molecule has 0 aromatic heterocycles. The Balaban J connectivity index is 2.23. The summed E-state index contributed by atoms with van der Waals surface area (Å²) in [5.41, 5.74) is -0.499. The van der Waals surface area contributed by atoms with Gasteiger partial charge in [0.1, 0.15) is 0 Å². The van der Waals surface area contributed by atoms with E-state index in [2.05, 4.69) is 6.08 Å². The smallest absolute Gasteiger partial charge is 0.166 e. The quantitative estimate of drug-likeness (QED) is 0.224. The van der Waals surface area contributed by atoms with E-state index in [9.17, 15) is 13.2 Å². The van der Waals surface area contributed by atoms with Gasteiger partial charge in [-0.3, -0.25) is 0 Å². The van der Waals surface area contributed by atoms with Crippen LogP contribution in [0.3, 0.4) is 0 Å². The zero-order valence-corrected chi connectivity index (χ0v) is 14.4. The molecular weight excluding hydrogens is 325 g/mol. The number of benzene rings is 1. The van der Waals surface area contributed by atoms with Gasteiger partial charge in [-0.1, -0.05) is 60.9 Å². The van der Waals surface area contributed by atoms with E-state index < -0.39 is 11.7 Å². The third-order valence-corrected chi connectivity index (χ3v) is 4.84. The van der Waals surface area contributed by atoms with E-state index in [4.69, 9.17) is 11.6 Å². The maximum Gasteiger partial charge on any atom is 0.416 e. The third-order valence-electron chi connectivity index (χ3n) is 3.31. The van der Waals surface area contributed by atoms with Gasteiger partial charge in [-0.25, -0.2) is 0 Å². The van der Waals surface area contributed by atoms with Crippen molar-refractivity contribution < 1.29 is 13.2 Å². The molecule has 0 unspecified atom stereocenters. The van der Waals surface area contributed by atoms with Crippen molar-refractivity contribution in [3.05, 3.63) is 42.0 Å². The van der Waals surface area contributed by atoms with Crippen LogP contribution in [0.25, 0.3) is 0 Å². The van der Waals surface area contributed by atoms with Crippen LogP contribution in [0.5, 0.6) is 0 Å². The predicted octanol–water partition coefficient (Wildman–Crippen LogP) is 5.59. The normalized spacial score (nSPS) is 12.2. The van der Waals surface area contributed by atoms with E-state index in [1.165, 1.54) is 25.3 Å². The second-order valence-electron chi connectivity index (χ2n) is 5.14. The molecule has 122 valence electrons. The number of alkyl halides is 4. The molecule has 0 aliphatic carbocycles. The fourth-order valence-corrected chi connectivity index (χ4v) is 3.46. The van der Waals surface area contributed by atoms with E-state index in [0.29, 0.717) is 11.2 Å². The van der Waals surface area contributed by atoms with Crippen molar-refractivity contribution in [1.29, 1.82) is 0 Å². The minimum absolute atomic E-state index is 0.167. The molecule has 0 atom stereocenters. The van der Waals surface area contributed by atoms with Crippen molar-refractivity contribution in [3.63, 3.8) is 0 Å². The Kier molecular flexibility index (Phi) is 9.56. The summed E-state index contributed by atoms with van der Waals surface area (Å²) < 4.78 is 38.5. The zero-order chi connectivity index (χ0) is 16.3. The number of hydrogen-bond donors (Lipinski definition) is 0. The van der Waals surface area contributed by atoms with Gasteiger partial charge < -0.3 is 0 Å². The van der Waals surface area contributed by atoms with Gasteiger partial charge >= 0.3 is 6.18 Å². The summed E-state index contributed by atoms with van der Waals surface area (Å²) in [6.45, 7) is 0. The summed E-state index contributed by atoms with van der Waals surface area (Å²) in [7, 11) is 0.167. The molecule has 1 aromatic carbocycles. The highest BCUT2D eigenvalue weighted by Gasteiger charge is 2.32. The first-order valence-electron chi connectivity index (χ1n) is 7.66. The van der Waals surface area contributed by atoms with Crippen molar-refractivity contribution in [2.75, 3.05) is 5.88 Å². The molecule has 5 heteroatoms. The molecule has 0 fully saturated rings. The molecule has 0 bridgehead atoms. The lowest BCUT2D eigenvalue weighted by atomic mass is 10.1. The van der Waals surface area contributed by atoms with Crippen LogP contribution in [0.4, 0.5) is 13.2 Å². The number of unbranched alkanes of at least 4 members (excludes halogenated alkanes) is 5. The van der Waals surface area contributed by atoms with Crippen LogP contribution in [0.1, 0.15) is 44.1 Å². The largest absolute Gasteiger partial charge is 0.416 e. The average molecular weight is 347 g/mol. The maximum absolute atomic E-state index is 12.8. The van der Waals surface area contributed by atoms with Crippen LogP contribution in [0.2, 0.25) is 6.04 Å². The van der Waals surface area contributed by atoms with Gasteiger partial charge in [0.25, 0.3) is 0 Å². The predicted molar refractivity (Wildman–Crippen MR) is 89.2 cm³/mol. The highest BCUT2D eigenvalue weighted by molar-refractivity contribution is 6.54. The molecular formula is C17H22ClF3Si. The molecule has 0 nitrogen and oxygen atoms in total. The molecule has 0 aliphatic rings. The molecule has 22 heavy (non-hydrogen) atoms. The molecule has 1 rings (SSSR count). The van der Waals surface area contributed by atoms with Crippen molar-refractivity contribution in [2.24, 2.45) is 0 Å². The summed E-state index contributed by atoms with van der Waals surface area (Å²) >= 11 is 5.61. The monoisotopic (exact) mass is 346 g/mol. The lowest BCUT2D eigenvalue weighted by Gasteiger charge is -2.11. The summed E-state index contributed by atoms with van der Waals surface area (Å²) in [4.78, 5) is 0. The second-order valence-corrected chi connectivity index (χ2v) is 6.82. The Morgan fingerprint density at radius 3 is 2.36 bits per heavy atom. The second kappa shape index (κ2) is 10.9. The van der Waals surface area contributed by atoms with Gasteiger partial charge in [0.05, 0.1) is 15.1 Å². The fraction of sp³-hybridized carbons (Fsp3) is 0.529.